The molecule has 1 aliphatic heterocycles. The first-order valence-corrected chi connectivity index (χ1v) is 7.86. The molecule has 120 valence electrons. The fraction of sp³-hybridized carbons (Fsp3) is 0.500. The number of benzene rings is 1. The lowest BCUT2D eigenvalue weighted by Gasteiger charge is -2.17. The highest BCUT2D eigenvalue weighted by Crippen LogP contribution is 2.27. The van der Waals surface area contributed by atoms with E-state index in [4.69, 9.17) is 16.7 Å². The number of hydrogen-bond donors (Lipinski definition) is 2. The summed E-state index contributed by atoms with van der Waals surface area (Å²) in [6.07, 6.45) is 1.14. The molecule has 2 atom stereocenters. The van der Waals surface area contributed by atoms with Gasteiger partial charge in [-0.3, -0.25) is 9.59 Å². The molecule has 2 rings (SSSR count). The number of halogens is 1. The normalized spacial score (nSPS) is 19.3. The second kappa shape index (κ2) is 7.61. The molecular formula is C16H21ClN2O3. The molecule has 5 nitrogen and oxygen atoms in total. The van der Waals surface area contributed by atoms with Crippen LogP contribution in [0.2, 0.25) is 5.02 Å². The minimum absolute atomic E-state index is 0.0991. The predicted octanol–water partition coefficient (Wildman–Crippen LogP) is 1.83. The molecule has 1 aromatic carbocycles. The van der Waals surface area contributed by atoms with Gasteiger partial charge in [-0.15, -0.1) is 0 Å². The van der Waals surface area contributed by atoms with E-state index in [1.807, 2.05) is 13.0 Å². The Balaban J connectivity index is 1.95. The zero-order chi connectivity index (χ0) is 16.1. The van der Waals surface area contributed by atoms with E-state index in [1.54, 1.807) is 23.1 Å². The van der Waals surface area contributed by atoms with E-state index in [0.29, 0.717) is 31.0 Å². The van der Waals surface area contributed by atoms with Crippen LogP contribution in [0.5, 0.6) is 0 Å². The fourth-order valence-electron chi connectivity index (χ4n) is 2.54. The monoisotopic (exact) mass is 324 g/mol. The van der Waals surface area contributed by atoms with E-state index in [1.165, 1.54) is 0 Å². The number of nitrogens with one attached hydrogen (secondary N) is 1. The topological polar surface area (TPSA) is 69.6 Å². The summed E-state index contributed by atoms with van der Waals surface area (Å²) in [5.74, 6) is -0.872. The maximum Gasteiger partial charge on any atom is 0.239 e. The number of carbonyl (C=O) groups is 2. The van der Waals surface area contributed by atoms with Crippen molar-refractivity contribution in [2.45, 2.75) is 19.8 Å². The number of aliphatic hydroxyl groups is 1. The maximum absolute atomic E-state index is 12.4. The SMILES string of the molecule is CC(CCO)CNC(=O)C1CCN(c2cccc(Cl)c2)C1=O. The Labute approximate surface area is 135 Å². The van der Waals surface area contributed by atoms with Crippen molar-refractivity contribution in [2.75, 3.05) is 24.6 Å². The Bertz CT molecular complexity index is 550. The van der Waals surface area contributed by atoms with Crippen molar-refractivity contribution in [3.63, 3.8) is 0 Å². The van der Waals surface area contributed by atoms with E-state index >= 15 is 0 Å². The largest absolute Gasteiger partial charge is 0.396 e. The summed E-state index contributed by atoms with van der Waals surface area (Å²) in [6.45, 7) is 3.04. The quantitative estimate of drug-likeness (QED) is 0.784. The third kappa shape index (κ3) is 3.99. The average molecular weight is 325 g/mol. The number of amides is 2. The van der Waals surface area contributed by atoms with Gasteiger partial charge in [0.25, 0.3) is 0 Å². The Kier molecular flexibility index (Phi) is 5.80. The first kappa shape index (κ1) is 16.8. The number of aliphatic hydroxyl groups excluding tert-OH is 1. The lowest BCUT2D eigenvalue weighted by atomic mass is 10.1. The molecule has 2 N–H and O–H groups in total. The average Bonchev–Trinajstić information content (AvgIpc) is 2.87. The van der Waals surface area contributed by atoms with Crippen LogP contribution >= 0.6 is 11.6 Å². The molecule has 22 heavy (non-hydrogen) atoms. The third-order valence-corrected chi connectivity index (χ3v) is 4.12. The molecular weight excluding hydrogens is 304 g/mol. The molecule has 1 saturated heterocycles. The summed E-state index contributed by atoms with van der Waals surface area (Å²) in [7, 11) is 0. The number of nitrogens with zero attached hydrogens (tertiary/aromatic N) is 1. The van der Waals surface area contributed by atoms with E-state index in [9.17, 15) is 9.59 Å². The molecule has 2 amide bonds. The number of rotatable bonds is 6. The zero-order valence-corrected chi connectivity index (χ0v) is 13.3. The molecule has 1 heterocycles. The van der Waals surface area contributed by atoms with Gasteiger partial charge in [-0.25, -0.2) is 0 Å². The molecule has 1 fully saturated rings. The van der Waals surface area contributed by atoms with Gasteiger partial charge in [-0.2, -0.15) is 0 Å². The first-order valence-electron chi connectivity index (χ1n) is 7.48. The highest BCUT2D eigenvalue weighted by Gasteiger charge is 2.37. The first-order chi connectivity index (χ1) is 10.5. The standard InChI is InChI=1S/C16H21ClN2O3/c1-11(6-8-20)10-18-15(21)14-5-7-19(16(14)22)13-4-2-3-12(17)9-13/h2-4,9,11,14,20H,5-8,10H2,1H3,(H,18,21). The molecule has 6 heteroatoms. The van der Waals surface area contributed by atoms with Gasteiger partial charge in [0, 0.05) is 30.4 Å². The van der Waals surface area contributed by atoms with Crippen molar-refractivity contribution >= 4 is 29.1 Å². The Morgan fingerprint density at radius 3 is 3.00 bits per heavy atom. The van der Waals surface area contributed by atoms with Crippen LogP contribution < -0.4 is 10.2 Å². The number of hydrogen-bond acceptors (Lipinski definition) is 3. The molecule has 1 aromatic rings. The number of carbonyl (C=O) groups excluding carboxylic acids is 2. The van der Waals surface area contributed by atoms with Crippen LogP contribution in [0.4, 0.5) is 5.69 Å². The van der Waals surface area contributed by atoms with E-state index < -0.39 is 5.92 Å². The van der Waals surface area contributed by atoms with Crippen LogP contribution in [0.15, 0.2) is 24.3 Å². The summed E-state index contributed by atoms with van der Waals surface area (Å²) < 4.78 is 0. The maximum atomic E-state index is 12.4. The molecule has 0 aliphatic carbocycles. The minimum atomic E-state index is -0.639. The van der Waals surface area contributed by atoms with Crippen molar-refractivity contribution in [2.24, 2.45) is 11.8 Å². The van der Waals surface area contributed by atoms with Crippen LogP contribution in [-0.2, 0) is 9.59 Å². The second-order valence-electron chi connectivity index (χ2n) is 5.67. The van der Waals surface area contributed by atoms with E-state index in [-0.39, 0.29) is 24.3 Å². The summed E-state index contributed by atoms with van der Waals surface area (Å²) >= 11 is 5.95. The van der Waals surface area contributed by atoms with Crippen LogP contribution in [-0.4, -0.2) is 36.6 Å². The van der Waals surface area contributed by atoms with Crippen LogP contribution in [0.1, 0.15) is 19.8 Å². The van der Waals surface area contributed by atoms with Crippen molar-refractivity contribution < 1.29 is 14.7 Å². The Hall–Kier alpha value is -1.59. The predicted molar refractivity (Wildman–Crippen MR) is 85.8 cm³/mol. The molecule has 2 unspecified atom stereocenters. The van der Waals surface area contributed by atoms with Crippen molar-refractivity contribution in [3.8, 4) is 0 Å². The van der Waals surface area contributed by atoms with E-state index in [2.05, 4.69) is 5.32 Å². The van der Waals surface area contributed by atoms with Crippen LogP contribution in [0.3, 0.4) is 0 Å². The van der Waals surface area contributed by atoms with E-state index in [0.717, 1.165) is 5.69 Å². The van der Waals surface area contributed by atoms with Gasteiger partial charge in [-0.05, 0) is 37.0 Å². The lowest BCUT2D eigenvalue weighted by molar-refractivity contribution is -0.132. The third-order valence-electron chi connectivity index (χ3n) is 3.89. The number of anilines is 1. The molecule has 0 bridgehead atoms. The summed E-state index contributed by atoms with van der Waals surface area (Å²) in [6, 6.07) is 7.07. The highest BCUT2D eigenvalue weighted by molar-refractivity contribution is 6.31. The fourth-order valence-corrected chi connectivity index (χ4v) is 2.73. The Morgan fingerprint density at radius 1 is 1.55 bits per heavy atom. The molecule has 0 saturated carbocycles. The molecule has 0 radical (unpaired) electrons. The summed E-state index contributed by atoms with van der Waals surface area (Å²) in [5, 5.41) is 12.2. The van der Waals surface area contributed by atoms with Gasteiger partial charge in [0.2, 0.25) is 11.8 Å². The van der Waals surface area contributed by atoms with Gasteiger partial charge in [0.05, 0.1) is 0 Å². The highest BCUT2D eigenvalue weighted by atomic mass is 35.5. The van der Waals surface area contributed by atoms with Gasteiger partial charge in [-0.1, -0.05) is 24.6 Å². The van der Waals surface area contributed by atoms with Crippen molar-refractivity contribution in [1.82, 2.24) is 5.32 Å². The molecule has 0 aromatic heterocycles. The van der Waals surface area contributed by atoms with Crippen LogP contribution in [0.25, 0.3) is 0 Å². The van der Waals surface area contributed by atoms with Crippen molar-refractivity contribution in [1.29, 1.82) is 0 Å². The zero-order valence-electron chi connectivity index (χ0n) is 12.6. The van der Waals surface area contributed by atoms with Crippen LogP contribution in [0, 0.1) is 11.8 Å². The molecule has 0 spiro atoms. The smallest absolute Gasteiger partial charge is 0.239 e. The van der Waals surface area contributed by atoms with Gasteiger partial charge in [0.1, 0.15) is 5.92 Å². The summed E-state index contributed by atoms with van der Waals surface area (Å²) in [5.41, 5.74) is 0.724. The van der Waals surface area contributed by atoms with Gasteiger partial charge < -0.3 is 15.3 Å². The van der Waals surface area contributed by atoms with Gasteiger partial charge >= 0.3 is 0 Å². The second-order valence-corrected chi connectivity index (χ2v) is 6.11. The Morgan fingerprint density at radius 2 is 2.32 bits per heavy atom. The summed E-state index contributed by atoms with van der Waals surface area (Å²) in [4.78, 5) is 26.2. The minimum Gasteiger partial charge on any atom is -0.396 e. The van der Waals surface area contributed by atoms with Gasteiger partial charge in [0.15, 0.2) is 0 Å². The van der Waals surface area contributed by atoms with Crippen molar-refractivity contribution in [3.05, 3.63) is 29.3 Å². The lowest BCUT2D eigenvalue weighted by Crippen LogP contribution is -2.38. The molecule has 1 aliphatic rings.